The van der Waals surface area contributed by atoms with E-state index in [1.807, 2.05) is 0 Å². The van der Waals surface area contributed by atoms with Crippen molar-refractivity contribution in [3.05, 3.63) is 85.8 Å². The first kappa shape index (κ1) is 26.5. The molecule has 1 fully saturated rings. The van der Waals surface area contributed by atoms with Crippen LogP contribution in [-0.4, -0.2) is 32.1 Å². The predicted molar refractivity (Wildman–Crippen MR) is 143 cm³/mol. The highest BCUT2D eigenvalue weighted by Crippen LogP contribution is 2.37. The van der Waals surface area contributed by atoms with Crippen LogP contribution in [0.15, 0.2) is 64.6 Å². The highest BCUT2D eigenvalue weighted by Gasteiger charge is 2.37. The summed E-state index contributed by atoms with van der Waals surface area (Å²) in [6.07, 6.45) is 1.37. The molecule has 1 aliphatic heterocycles. The fourth-order valence-corrected chi connectivity index (χ4v) is 4.66. The zero-order chi connectivity index (χ0) is 26.7. The first-order chi connectivity index (χ1) is 17.7. The predicted octanol–water partition coefficient (Wildman–Crippen LogP) is 6.02. The van der Waals surface area contributed by atoms with Gasteiger partial charge in [-0.15, -0.1) is 0 Å². The zero-order valence-corrected chi connectivity index (χ0v) is 22.6. The van der Waals surface area contributed by atoms with Crippen molar-refractivity contribution >= 4 is 68.7 Å². The molecule has 0 aromatic heterocycles. The van der Waals surface area contributed by atoms with Gasteiger partial charge >= 0.3 is 6.03 Å². The maximum atomic E-state index is 13.2. The molecule has 0 bridgehead atoms. The molecule has 1 heterocycles. The summed E-state index contributed by atoms with van der Waals surface area (Å²) in [6.45, 7) is 0.195. The lowest BCUT2D eigenvalue weighted by Crippen LogP contribution is -2.54. The number of ether oxygens (including phenoxy) is 3. The van der Waals surface area contributed by atoms with Crippen LogP contribution in [0.5, 0.6) is 17.2 Å². The van der Waals surface area contributed by atoms with Gasteiger partial charge < -0.3 is 14.2 Å². The third-order valence-corrected chi connectivity index (χ3v) is 6.55. The maximum absolute atomic E-state index is 13.2. The van der Waals surface area contributed by atoms with Crippen molar-refractivity contribution < 1.29 is 28.6 Å². The van der Waals surface area contributed by atoms with E-state index >= 15 is 0 Å². The Hall–Kier alpha value is -3.53. The van der Waals surface area contributed by atoms with Gasteiger partial charge in [0.2, 0.25) is 0 Å². The molecule has 1 aliphatic rings. The molecule has 0 aliphatic carbocycles. The Balaban J connectivity index is 1.56. The second kappa shape index (κ2) is 11.2. The number of urea groups is 1. The van der Waals surface area contributed by atoms with Crippen LogP contribution in [0, 0.1) is 0 Å². The number of carbonyl (C=O) groups is 3. The van der Waals surface area contributed by atoms with E-state index in [1.165, 1.54) is 32.4 Å². The minimum atomic E-state index is -0.859. The van der Waals surface area contributed by atoms with Crippen molar-refractivity contribution in [3.63, 3.8) is 0 Å². The molecule has 0 spiro atoms. The quantitative estimate of drug-likeness (QED) is 0.261. The van der Waals surface area contributed by atoms with Gasteiger partial charge in [0.05, 0.1) is 24.4 Å². The molecule has 4 amide bonds. The number of benzene rings is 3. The van der Waals surface area contributed by atoms with Crippen LogP contribution in [0.25, 0.3) is 6.08 Å². The van der Waals surface area contributed by atoms with E-state index in [0.29, 0.717) is 37.3 Å². The topological polar surface area (TPSA) is 94.2 Å². The van der Waals surface area contributed by atoms with Gasteiger partial charge in [-0.2, -0.15) is 0 Å². The molecule has 11 heteroatoms. The van der Waals surface area contributed by atoms with Crippen LogP contribution < -0.4 is 24.4 Å². The Labute approximate surface area is 230 Å². The van der Waals surface area contributed by atoms with Crippen molar-refractivity contribution in [1.29, 1.82) is 0 Å². The molecule has 0 atom stereocenters. The number of imide groups is 2. The molecular formula is C26H19BrCl2N2O6. The number of hydrogen-bond acceptors (Lipinski definition) is 6. The van der Waals surface area contributed by atoms with Gasteiger partial charge in [-0.3, -0.25) is 14.9 Å². The molecule has 0 unspecified atom stereocenters. The minimum absolute atomic E-state index is 0.195. The van der Waals surface area contributed by atoms with E-state index in [1.54, 1.807) is 42.5 Å². The van der Waals surface area contributed by atoms with E-state index in [4.69, 9.17) is 37.4 Å². The monoisotopic (exact) mass is 604 g/mol. The number of hydrogen-bond donors (Lipinski definition) is 1. The molecule has 0 radical (unpaired) electrons. The first-order valence-corrected chi connectivity index (χ1v) is 12.3. The number of barbiturate groups is 1. The van der Waals surface area contributed by atoms with E-state index in [2.05, 4.69) is 21.2 Å². The normalized spacial score (nSPS) is 14.6. The largest absolute Gasteiger partial charge is 0.493 e. The van der Waals surface area contributed by atoms with Crippen molar-refractivity contribution in [1.82, 2.24) is 5.32 Å². The van der Waals surface area contributed by atoms with Crippen molar-refractivity contribution in [3.8, 4) is 17.2 Å². The fraction of sp³-hybridized carbons (Fsp3) is 0.115. The van der Waals surface area contributed by atoms with Gasteiger partial charge in [0.1, 0.15) is 17.9 Å². The standard InChI is InChI=1S/C26H19BrCl2N2O6/c1-35-22-11-14(10-20(27)23(22)36-2)9-19-24(32)30-26(34)31(25(19)33)17-5-7-18(8-6-17)37-13-15-3-4-16(28)12-21(15)29/h3-12H,13H2,1-2H3,(H,30,32,34)/b19-9+. The number of carbonyl (C=O) groups excluding carboxylic acids is 3. The second-order valence-corrected chi connectivity index (χ2v) is 9.41. The van der Waals surface area contributed by atoms with Gasteiger partial charge in [0.25, 0.3) is 11.8 Å². The maximum Gasteiger partial charge on any atom is 0.335 e. The fourth-order valence-electron chi connectivity index (χ4n) is 3.57. The summed E-state index contributed by atoms with van der Waals surface area (Å²) in [7, 11) is 2.96. The van der Waals surface area contributed by atoms with Crippen LogP contribution in [0.1, 0.15) is 11.1 Å². The Morgan fingerprint density at radius 3 is 2.35 bits per heavy atom. The van der Waals surface area contributed by atoms with Crippen molar-refractivity contribution in [2.75, 3.05) is 19.1 Å². The van der Waals surface area contributed by atoms with Crippen LogP contribution in [0.4, 0.5) is 10.5 Å². The van der Waals surface area contributed by atoms with Crippen molar-refractivity contribution in [2.45, 2.75) is 6.61 Å². The van der Waals surface area contributed by atoms with Gasteiger partial charge in [0, 0.05) is 15.6 Å². The number of amides is 4. The molecule has 8 nitrogen and oxygen atoms in total. The SMILES string of the molecule is COc1cc(/C=C2\C(=O)NC(=O)N(c3ccc(OCc4ccc(Cl)cc4Cl)cc3)C2=O)cc(Br)c1OC. The Kier molecular flexibility index (Phi) is 8.06. The first-order valence-electron chi connectivity index (χ1n) is 10.7. The molecule has 1 saturated heterocycles. The van der Waals surface area contributed by atoms with Gasteiger partial charge in [-0.05, 0) is 76.1 Å². The van der Waals surface area contributed by atoms with Gasteiger partial charge in [-0.25, -0.2) is 9.69 Å². The summed E-state index contributed by atoms with van der Waals surface area (Å²) >= 11 is 15.5. The number of nitrogens with zero attached hydrogens (tertiary/aromatic N) is 1. The van der Waals surface area contributed by atoms with Crippen molar-refractivity contribution in [2.24, 2.45) is 0 Å². The lowest BCUT2D eigenvalue weighted by atomic mass is 10.1. The lowest BCUT2D eigenvalue weighted by Gasteiger charge is -2.26. The lowest BCUT2D eigenvalue weighted by molar-refractivity contribution is -0.122. The number of halogens is 3. The number of methoxy groups -OCH3 is 2. The minimum Gasteiger partial charge on any atom is -0.493 e. The van der Waals surface area contributed by atoms with Crippen LogP contribution >= 0.6 is 39.1 Å². The summed E-state index contributed by atoms with van der Waals surface area (Å²) in [4.78, 5) is 39.2. The Bertz CT molecular complexity index is 1430. The molecule has 190 valence electrons. The second-order valence-electron chi connectivity index (χ2n) is 7.71. The number of rotatable bonds is 7. The van der Waals surface area contributed by atoms with E-state index < -0.39 is 17.8 Å². The summed E-state index contributed by atoms with van der Waals surface area (Å²) in [6, 6.07) is 13.8. The number of anilines is 1. The third kappa shape index (κ3) is 5.74. The van der Waals surface area contributed by atoms with Crippen LogP contribution in [-0.2, 0) is 16.2 Å². The molecule has 0 saturated carbocycles. The molecule has 37 heavy (non-hydrogen) atoms. The highest BCUT2D eigenvalue weighted by atomic mass is 79.9. The van der Waals surface area contributed by atoms with Gasteiger partial charge in [-0.1, -0.05) is 29.3 Å². The van der Waals surface area contributed by atoms with E-state index in [9.17, 15) is 14.4 Å². The third-order valence-electron chi connectivity index (χ3n) is 5.37. The Morgan fingerprint density at radius 2 is 1.70 bits per heavy atom. The molecule has 3 aromatic rings. The highest BCUT2D eigenvalue weighted by molar-refractivity contribution is 9.10. The zero-order valence-electron chi connectivity index (χ0n) is 19.5. The number of nitrogens with one attached hydrogen (secondary N) is 1. The molecule has 3 aromatic carbocycles. The van der Waals surface area contributed by atoms with E-state index in [0.717, 1.165) is 10.5 Å². The van der Waals surface area contributed by atoms with Crippen LogP contribution in [0.2, 0.25) is 10.0 Å². The van der Waals surface area contributed by atoms with Crippen LogP contribution in [0.3, 0.4) is 0 Å². The smallest absolute Gasteiger partial charge is 0.335 e. The average Bonchev–Trinajstić information content (AvgIpc) is 2.86. The molecule has 1 N–H and O–H groups in total. The summed E-state index contributed by atoms with van der Waals surface area (Å²) in [5.41, 5.74) is 1.26. The summed E-state index contributed by atoms with van der Waals surface area (Å²) in [5.74, 6) is -0.239. The van der Waals surface area contributed by atoms with Gasteiger partial charge in [0.15, 0.2) is 11.5 Å². The summed E-state index contributed by atoms with van der Waals surface area (Å²) in [5, 5.41) is 3.20. The summed E-state index contributed by atoms with van der Waals surface area (Å²) < 4.78 is 16.9. The van der Waals surface area contributed by atoms with E-state index in [-0.39, 0.29) is 17.9 Å². The average molecular weight is 606 g/mol. The molecular weight excluding hydrogens is 587 g/mol. The Morgan fingerprint density at radius 1 is 0.973 bits per heavy atom. The molecule has 4 rings (SSSR count).